The first kappa shape index (κ1) is 30.0. The van der Waals surface area contributed by atoms with Gasteiger partial charge in [-0.05, 0) is 61.4 Å². The summed E-state index contributed by atoms with van der Waals surface area (Å²) in [4.78, 5) is 19.1. The molecule has 0 N–H and O–H groups in total. The molecular formula is C37H40N8O2S2. The summed E-state index contributed by atoms with van der Waals surface area (Å²) in [6.45, 7) is 10.6. The van der Waals surface area contributed by atoms with Crippen LogP contribution in [-0.4, -0.2) is 78.3 Å². The zero-order chi connectivity index (χ0) is 32.6. The minimum absolute atomic E-state index is 0.262. The average Bonchev–Trinajstić information content (AvgIpc) is 3.59. The van der Waals surface area contributed by atoms with Crippen molar-refractivity contribution in [1.82, 2.24) is 38.9 Å². The molecule has 2 aliphatic carbocycles. The first-order valence-electron chi connectivity index (χ1n) is 17.4. The third-order valence-electron chi connectivity index (χ3n) is 11.4. The number of pyridine rings is 1. The summed E-state index contributed by atoms with van der Waals surface area (Å²) in [6, 6.07) is 13.1. The van der Waals surface area contributed by atoms with Crippen molar-refractivity contribution in [2.24, 2.45) is 22.7 Å². The van der Waals surface area contributed by atoms with Crippen LogP contribution in [0, 0.1) is 29.6 Å². The van der Waals surface area contributed by atoms with Crippen molar-refractivity contribution < 1.29 is 9.47 Å². The van der Waals surface area contributed by atoms with E-state index in [0.717, 1.165) is 104 Å². The molecule has 1 aromatic carbocycles. The van der Waals surface area contributed by atoms with E-state index in [1.54, 1.807) is 22.7 Å². The Balaban J connectivity index is 0.703. The Morgan fingerprint density at radius 1 is 0.878 bits per heavy atom. The molecule has 2 saturated carbocycles. The highest BCUT2D eigenvalue weighted by molar-refractivity contribution is 7.11. The van der Waals surface area contributed by atoms with Gasteiger partial charge in [0.1, 0.15) is 5.82 Å². The van der Waals surface area contributed by atoms with Gasteiger partial charge in [0.15, 0.2) is 0 Å². The number of rotatable bonds is 13. The van der Waals surface area contributed by atoms with E-state index in [1.165, 1.54) is 29.3 Å². The molecule has 0 radical (unpaired) electrons. The normalized spacial score (nSPS) is 26.1. The lowest BCUT2D eigenvalue weighted by Gasteiger charge is -2.20. The molecule has 4 aliphatic rings. The minimum atomic E-state index is 0.262. The SMILES string of the molecule is Cc1csc(OCC23CC2CN(Cc2ccc4c(cnn4CCc4csc(OCC56CC5CN(Cc5ncc7ccccn57)C6)n4)c2)C3)n1. The lowest BCUT2D eigenvalue weighted by Crippen LogP contribution is -2.28. The summed E-state index contributed by atoms with van der Waals surface area (Å²) in [5.74, 6) is 2.57. The van der Waals surface area contributed by atoms with Crippen LogP contribution in [0.4, 0.5) is 0 Å². The van der Waals surface area contributed by atoms with Gasteiger partial charge in [-0.25, -0.2) is 15.0 Å². The van der Waals surface area contributed by atoms with Crippen LogP contribution < -0.4 is 9.47 Å². The molecular weight excluding hydrogens is 653 g/mol. The third-order valence-corrected chi connectivity index (χ3v) is 13.1. The lowest BCUT2D eigenvalue weighted by atomic mass is 10.1. The van der Waals surface area contributed by atoms with Crippen LogP contribution in [0.25, 0.3) is 16.4 Å². The maximum Gasteiger partial charge on any atom is 0.273 e. The van der Waals surface area contributed by atoms with Crippen molar-refractivity contribution in [2.75, 3.05) is 39.4 Å². The predicted molar refractivity (Wildman–Crippen MR) is 190 cm³/mol. The Morgan fingerprint density at radius 3 is 2.45 bits per heavy atom. The molecule has 7 heterocycles. The van der Waals surface area contributed by atoms with Crippen molar-refractivity contribution in [3.63, 3.8) is 0 Å². The lowest BCUT2D eigenvalue weighted by molar-refractivity contribution is 0.198. The number of ether oxygens (including phenoxy) is 2. The zero-order valence-corrected chi connectivity index (χ0v) is 29.3. The van der Waals surface area contributed by atoms with E-state index in [2.05, 4.69) is 82.2 Å². The Labute approximate surface area is 293 Å². The van der Waals surface area contributed by atoms with Gasteiger partial charge in [-0.15, -0.1) is 0 Å². The van der Waals surface area contributed by atoms with E-state index >= 15 is 0 Å². The smallest absolute Gasteiger partial charge is 0.273 e. The van der Waals surface area contributed by atoms with Crippen molar-refractivity contribution in [2.45, 2.75) is 45.8 Å². The van der Waals surface area contributed by atoms with Gasteiger partial charge in [0.05, 0.1) is 54.6 Å². The van der Waals surface area contributed by atoms with Gasteiger partial charge in [-0.3, -0.25) is 14.5 Å². The summed E-state index contributed by atoms with van der Waals surface area (Å²) >= 11 is 3.22. The summed E-state index contributed by atoms with van der Waals surface area (Å²) in [6.07, 6.45) is 9.43. The van der Waals surface area contributed by atoms with Gasteiger partial charge < -0.3 is 13.9 Å². The highest BCUT2D eigenvalue weighted by Crippen LogP contribution is 2.59. The number of benzene rings is 1. The van der Waals surface area contributed by atoms with Crippen molar-refractivity contribution in [1.29, 1.82) is 0 Å². The number of thiazole rings is 2. The van der Waals surface area contributed by atoms with E-state index in [1.807, 2.05) is 19.3 Å². The molecule has 4 unspecified atom stereocenters. The van der Waals surface area contributed by atoms with Crippen molar-refractivity contribution in [3.8, 4) is 10.4 Å². The van der Waals surface area contributed by atoms with Crippen LogP contribution in [0.5, 0.6) is 10.4 Å². The van der Waals surface area contributed by atoms with E-state index in [9.17, 15) is 0 Å². The van der Waals surface area contributed by atoms with Crippen LogP contribution in [0.2, 0.25) is 0 Å². The predicted octanol–water partition coefficient (Wildman–Crippen LogP) is 5.95. The largest absolute Gasteiger partial charge is 0.469 e. The summed E-state index contributed by atoms with van der Waals surface area (Å²) < 4.78 is 16.7. The number of piperidine rings is 2. The van der Waals surface area contributed by atoms with Gasteiger partial charge in [-0.2, -0.15) is 5.10 Å². The van der Waals surface area contributed by atoms with Gasteiger partial charge in [0.2, 0.25) is 0 Å². The van der Waals surface area contributed by atoms with E-state index in [-0.39, 0.29) is 5.41 Å². The molecule has 5 aromatic heterocycles. The molecule has 4 fully saturated rings. The Bertz CT molecular complexity index is 2150. The van der Waals surface area contributed by atoms with Gasteiger partial charge >= 0.3 is 0 Å². The minimum Gasteiger partial charge on any atom is -0.469 e. The Hall–Kier alpha value is -3.84. The summed E-state index contributed by atoms with van der Waals surface area (Å²) in [5, 5.41) is 11.7. The third kappa shape index (κ3) is 5.72. The first-order chi connectivity index (χ1) is 24.0. The molecule has 12 heteroatoms. The first-order valence-corrected chi connectivity index (χ1v) is 19.2. The second-order valence-corrected chi connectivity index (χ2v) is 16.6. The number of hydrogen-bond acceptors (Lipinski definition) is 10. The number of fused-ring (bicyclic) bond motifs is 4. The molecule has 0 spiro atoms. The molecule has 2 aliphatic heterocycles. The van der Waals surface area contributed by atoms with Gasteiger partial charge in [-0.1, -0.05) is 34.8 Å². The van der Waals surface area contributed by atoms with Gasteiger partial charge in [0, 0.05) is 78.9 Å². The molecule has 49 heavy (non-hydrogen) atoms. The molecule has 4 atom stereocenters. The molecule has 252 valence electrons. The molecule has 6 aromatic rings. The molecule has 10 nitrogen and oxygen atoms in total. The van der Waals surface area contributed by atoms with Crippen LogP contribution in [0.3, 0.4) is 0 Å². The topological polar surface area (TPSA) is 85.8 Å². The zero-order valence-electron chi connectivity index (χ0n) is 27.7. The Morgan fingerprint density at radius 2 is 1.65 bits per heavy atom. The average molecular weight is 693 g/mol. The number of aryl methyl sites for hydroxylation is 3. The Kier molecular flexibility index (Phi) is 7.12. The fraction of sp³-hybridized carbons (Fsp3) is 0.459. The van der Waals surface area contributed by atoms with Gasteiger partial charge in [0.25, 0.3) is 10.4 Å². The van der Waals surface area contributed by atoms with Crippen molar-refractivity contribution in [3.05, 3.63) is 88.5 Å². The number of aromatic nitrogens is 6. The van der Waals surface area contributed by atoms with Crippen LogP contribution in [0.15, 0.2) is 65.7 Å². The number of likely N-dealkylation sites (tertiary alicyclic amines) is 2. The van der Waals surface area contributed by atoms with Crippen LogP contribution in [-0.2, 0) is 26.1 Å². The van der Waals surface area contributed by atoms with E-state index < -0.39 is 0 Å². The maximum absolute atomic E-state index is 6.32. The van der Waals surface area contributed by atoms with E-state index in [4.69, 9.17) is 19.6 Å². The quantitative estimate of drug-likeness (QED) is 0.147. The second kappa shape index (κ2) is 11.6. The monoisotopic (exact) mass is 692 g/mol. The second-order valence-electron chi connectivity index (χ2n) is 15.0. The maximum atomic E-state index is 6.32. The van der Waals surface area contributed by atoms with Crippen LogP contribution >= 0.6 is 22.7 Å². The number of nitrogens with zero attached hydrogens (tertiary/aromatic N) is 8. The number of imidazole rings is 1. The molecule has 10 rings (SSSR count). The fourth-order valence-electron chi connectivity index (χ4n) is 8.58. The standard InChI is InChI=1S/C37H40N8O2S2/c1-25-19-48-34(40-25)46-23-36-11-28(36)16-42(21-36)15-26-5-6-32-27(10-26)13-39-45(32)9-7-30-20-49-35(41-30)47-24-37-12-29(37)17-43(22-37)18-33-38-14-31-4-2-3-8-44(31)33/h2-6,8,10,13-14,19-20,28-29H,7,9,11-12,15-18,21-24H2,1H3. The molecule has 0 bridgehead atoms. The highest BCUT2D eigenvalue weighted by atomic mass is 32.1. The highest BCUT2D eigenvalue weighted by Gasteiger charge is 2.61. The summed E-state index contributed by atoms with van der Waals surface area (Å²) in [5.41, 5.74) is 6.35. The molecule has 0 amide bonds. The number of hydrogen-bond donors (Lipinski definition) is 0. The van der Waals surface area contributed by atoms with E-state index in [0.29, 0.717) is 11.3 Å². The van der Waals surface area contributed by atoms with Crippen LogP contribution in [0.1, 0.15) is 35.6 Å². The van der Waals surface area contributed by atoms with Crippen molar-refractivity contribution >= 4 is 39.1 Å². The molecule has 2 saturated heterocycles. The summed E-state index contributed by atoms with van der Waals surface area (Å²) in [7, 11) is 0. The fourth-order valence-corrected chi connectivity index (χ4v) is 9.94.